The average Bonchev–Trinajstić information content (AvgIpc) is 2.88. The lowest BCUT2D eigenvalue weighted by molar-refractivity contribution is 0.122. The molecule has 1 saturated heterocycles. The molecular formula is C25H31FN6O2. The Kier molecular flexibility index (Phi) is 9.72. The molecule has 0 bridgehead atoms. The van der Waals surface area contributed by atoms with Crippen LogP contribution in [0.2, 0.25) is 0 Å². The van der Waals surface area contributed by atoms with Crippen LogP contribution in [0.15, 0.2) is 53.8 Å². The van der Waals surface area contributed by atoms with E-state index >= 15 is 4.39 Å². The standard InChI is InChI=1S/C23H25FN6O2.C2H6/c1-17-5-4-6-18(15-17)16-26-29-21-20(24)22(30-10-13-31-14-11-30)28-23(27-21)32-12-8-19-7-2-3-9-25-19;1-2/h2-7,9,15-16H,8,10-14H2,1H3,(H,27,28,29);1-2H3/b26-16+;. The first-order valence-electron chi connectivity index (χ1n) is 11.5. The van der Waals surface area contributed by atoms with Crippen molar-refractivity contribution in [2.75, 3.05) is 43.2 Å². The molecule has 1 aliphatic rings. The van der Waals surface area contributed by atoms with E-state index in [9.17, 15) is 0 Å². The molecule has 1 aliphatic heterocycles. The van der Waals surface area contributed by atoms with Crippen LogP contribution in [0.4, 0.5) is 16.0 Å². The summed E-state index contributed by atoms with van der Waals surface area (Å²) in [7, 11) is 0. The molecule has 0 radical (unpaired) electrons. The van der Waals surface area contributed by atoms with E-state index in [0.717, 1.165) is 16.8 Å². The molecule has 8 nitrogen and oxygen atoms in total. The highest BCUT2D eigenvalue weighted by Gasteiger charge is 2.22. The molecule has 0 spiro atoms. The quantitative estimate of drug-likeness (QED) is 0.392. The zero-order valence-corrected chi connectivity index (χ0v) is 19.9. The van der Waals surface area contributed by atoms with Crippen LogP contribution in [0.1, 0.15) is 30.7 Å². The number of hydrogen-bond acceptors (Lipinski definition) is 8. The lowest BCUT2D eigenvalue weighted by Crippen LogP contribution is -2.37. The van der Waals surface area contributed by atoms with E-state index in [1.54, 1.807) is 12.4 Å². The summed E-state index contributed by atoms with van der Waals surface area (Å²) in [5.41, 5.74) is 5.60. The van der Waals surface area contributed by atoms with E-state index in [1.165, 1.54) is 0 Å². The first kappa shape index (κ1) is 25.0. The van der Waals surface area contributed by atoms with Crippen molar-refractivity contribution in [3.63, 3.8) is 0 Å². The minimum atomic E-state index is -0.578. The van der Waals surface area contributed by atoms with Gasteiger partial charge in [-0.2, -0.15) is 19.5 Å². The molecule has 34 heavy (non-hydrogen) atoms. The Labute approximate surface area is 199 Å². The molecule has 1 fully saturated rings. The molecule has 1 aromatic carbocycles. The van der Waals surface area contributed by atoms with E-state index in [1.807, 2.05) is 68.1 Å². The molecule has 4 rings (SSSR count). The Morgan fingerprint density at radius 3 is 2.71 bits per heavy atom. The normalized spacial score (nSPS) is 13.4. The lowest BCUT2D eigenvalue weighted by atomic mass is 10.2. The maximum atomic E-state index is 15.2. The van der Waals surface area contributed by atoms with Gasteiger partial charge < -0.3 is 14.4 Å². The Bertz CT molecular complexity index is 1060. The first-order chi connectivity index (χ1) is 16.7. The van der Waals surface area contributed by atoms with E-state index in [2.05, 4.69) is 25.5 Å². The molecule has 1 N–H and O–H groups in total. The first-order valence-corrected chi connectivity index (χ1v) is 11.5. The van der Waals surface area contributed by atoms with Crippen molar-refractivity contribution in [3.05, 3.63) is 71.3 Å². The van der Waals surface area contributed by atoms with Crippen molar-refractivity contribution in [2.45, 2.75) is 27.2 Å². The third-order valence-electron chi connectivity index (χ3n) is 4.87. The van der Waals surface area contributed by atoms with Gasteiger partial charge in [0, 0.05) is 31.4 Å². The number of hydrogen-bond donors (Lipinski definition) is 1. The number of nitrogens with one attached hydrogen (secondary N) is 1. The number of ether oxygens (including phenoxy) is 2. The van der Waals surface area contributed by atoms with Crippen LogP contribution >= 0.6 is 0 Å². The predicted octanol–water partition coefficient (Wildman–Crippen LogP) is 4.25. The minimum absolute atomic E-state index is 0.0433. The van der Waals surface area contributed by atoms with Gasteiger partial charge in [0.25, 0.3) is 0 Å². The van der Waals surface area contributed by atoms with Crippen LogP contribution in [0.25, 0.3) is 0 Å². The maximum Gasteiger partial charge on any atom is 0.320 e. The summed E-state index contributed by atoms with van der Waals surface area (Å²) < 4.78 is 26.3. The third kappa shape index (κ3) is 7.21. The van der Waals surface area contributed by atoms with E-state index in [-0.39, 0.29) is 17.6 Å². The van der Waals surface area contributed by atoms with Gasteiger partial charge in [-0.15, -0.1) is 0 Å². The highest BCUT2D eigenvalue weighted by atomic mass is 19.1. The lowest BCUT2D eigenvalue weighted by Gasteiger charge is -2.28. The zero-order chi connectivity index (χ0) is 24.2. The van der Waals surface area contributed by atoms with Gasteiger partial charge in [-0.05, 0) is 24.6 Å². The van der Waals surface area contributed by atoms with Gasteiger partial charge in [0.2, 0.25) is 5.82 Å². The number of anilines is 2. The molecule has 0 amide bonds. The van der Waals surface area contributed by atoms with Crippen molar-refractivity contribution in [3.8, 4) is 6.01 Å². The third-order valence-corrected chi connectivity index (χ3v) is 4.87. The molecule has 2 aromatic heterocycles. The monoisotopic (exact) mass is 466 g/mol. The number of rotatable bonds is 8. The number of nitrogens with zero attached hydrogens (tertiary/aromatic N) is 5. The Morgan fingerprint density at radius 2 is 1.97 bits per heavy atom. The van der Waals surface area contributed by atoms with Crippen LogP contribution in [0, 0.1) is 12.7 Å². The molecule has 0 aliphatic carbocycles. The van der Waals surface area contributed by atoms with Gasteiger partial charge in [-0.25, -0.2) is 0 Å². The minimum Gasteiger partial charge on any atom is -0.463 e. The van der Waals surface area contributed by atoms with Crippen molar-refractivity contribution in [2.24, 2.45) is 5.10 Å². The molecule has 9 heteroatoms. The van der Waals surface area contributed by atoms with Crippen LogP contribution in [-0.2, 0) is 11.2 Å². The van der Waals surface area contributed by atoms with Gasteiger partial charge in [0.05, 0.1) is 26.0 Å². The van der Waals surface area contributed by atoms with Crippen molar-refractivity contribution >= 4 is 17.9 Å². The summed E-state index contributed by atoms with van der Waals surface area (Å²) in [5, 5.41) is 4.15. The summed E-state index contributed by atoms with van der Waals surface area (Å²) in [4.78, 5) is 14.6. The largest absolute Gasteiger partial charge is 0.463 e. The van der Waals surface area contributed by atoms with E-state index in [4.69, 9.17) is 9.47 Å². The molecule has 0 unspecified atom stereocenters. The number of aryl methyl sites for hydroxylation is 1. The summed E-state index contributed by atoms with van der Waals surface area (Å²) in [5.74, 6) is -0.451. The fourth-order valence-electron chi connectivity index (χ4n) is 3.25. The van der Waals surface area contributed by atoms with E-state index in [0.29, 0.717) is 39.3 Å². The van der Waals surface area contributed by atoms with Crippen LogP contribution < -0.4 is 15.1 Å². The number of morpholine rings is 1. The molecular weight excluding hydrogens is 435 g/mol. The van der Waals surface area contributed by atoms with Gasteiger partial charge in [-0.3, -0.25) is 10.4 Å². The second kappa shape index (κ2) is 13.2. The summed E-state index contributed by atoms with van der Waals surface area (Å²) in [6.07, 6.45) is 3.93. The topological polar surface area (TPSA) is 84.8 Å². The Balaban J connectivity index is 0.00000158. The second-order valence-corrected chi connectivity index (χ2v) is 7.30. The highest BCUT2D eigenvalue weighted by Crippen LogP contribution is 2.26. The van der Waals surface area contributed by atoms with Gasteiger partial charge >= 0.3 is 6.01 Å². The molecule has 0 saturated carbocycles. The van der Waals surface area contributed by atoms with Crippen molar-refractivity contribution in [1.29, 1.82) is 0 Å². The predicted molar refractivity (Wildman–Crippen MR) is 132 cm³/mol. The summed E-state index contributed by atoms with van der Waals surface area (Å²) in [6, 6.07) is 13.6. The SMILES string of the molecule is CC.Cc1cccc(/C=N/Nc2nc(OCCc3ccccn3)nc(N3CCOCC3)c2F)c1. The zero-order valence-electron chi connectivity index (χ0n) is 19.9. The average molecular weight is 467 g/mol. The van der Waals surface area contributed by atoms with Gasteiger partial charge in [0.15, 0.2) is 11.6 Å². The summed E-state index contributed by atoms with van der Waals surface area (Å²) >= 11 is 0. The van der Waals surface area contributed by atoms with Crippen molar-refractivity contribution in [1.82, 2.24) is 15.0 Å². The molecule has 0 atom stereocenters. The highest BCUT2D eigenvalue weighted by molar-refractivity contribution is 5.80. The fourth-order valence-corrected chi connectivity index (χ4v) is 3.25. The Hall–Kier alpha value is -3.59. The van der Waals surface area contributed by atoms with Crippen LogP contribution in [-0.4, -0.2) is 54.1 Å². The van der Waals surface area contributed by atoms with Gasteiger partial charge in [-0.1, -0.05) is 49.7 Å². The maximum absolute atomic E-state index is 15.2. The fraction of sp³-hybridized carbons (Fsp3) is 0.360. The molecule has 3 aromatic rings. The number of halogens is 1. The van der Waals surface area contributed by atoms with E-state index < -0.39 is 5.82 Å². The number of aromatic nitrogens is 3. The second-order valence-electron chi connectivity index (χ2n) is 7.30. The number of pyridine rings is 1. The van der Waals surface area contributed by atoms with Crippen LogP contribution in [0.3, 0.4) is 0 Å². The van der Waals surface area contributed by atoms with Crippen molar-refractivity contribution < 1.29 is 13.9 Å². The molecule has 3 heterocycles. The smallest absolute Gasteiger partial charge is 0.320 e. The van der Waals surface area contributed by atoms with Crippen LogP contribution in [0.5, 0.6) is 6.01 Å². The summed E-state index contributed by atoms with van der Waals surface area (Å²) in [6.45, 7) is 8.40. The number of benzene rings is 1. The van der Waals surface area contributed by atoms with Gasteiger partial charge in [0.1, 0.15) is 0 Å². The molecule has 180 valence electrons. The number of hydrazone groups is 1. The Morgan fingerprint density at radius 1 is 1.15 bits per heavy atom.